The number of nitrogens with zero attached hydrogens (tertiary/aromatic N) is 1. The van der Waals surface area contributed by atoms with Gasteiger partial charge in [-0.3, -0.25) is 9.59 Å². The number of rotatable bonds is 2. The van der Waals surface area contributed by atoms with Crippen LogP contribution < -0.4 is 0 Å². The Hall–Kier alpha value is -1.06. The summed E-state index contributed by atoms with van der Waals surface area (Å²) in [5, 5.41) is 9.35. The first kappa shape index (κ1) is 12.0. The van der Waals surface area contributed by atoms with Gasteiger partial charge in [0.25, 0.3) is 0 Å². The number of hydrogen-bond acceptors (Lipinski definition) is 2. The molecule has 0 aromatic carbocycles. The molecule has 0 aromatic heterocycles. The molecular formula is C11H19NO3. The number of carbonyl (C=O) groups excluding carboxylic acids is 1. The summed E-state index contributed by atoms with van der Waals surface area (Å²) in [7, 11) is 3.19. The van der Waals surface area contributed by atoms with Gasteiger partial charge in [-0.2, -0.15) is 0 Å². The molecule has 0 radical (unpaired) electrons. The lowest BCUT2D eigenvalue weighted by molar-refractivity contribution is -0.155. The van der Waals surface area contributed by atoms with Crippen LogP contribution in [-0.4, -0.2) is 36.0 Å². The van der Waals surface area contributed by atoms with E-state index in [4.69, 9.17) is 0 Å². The zero-order valence-electron chi connectivity index (χ0n) is 10.2. The maximum Gasteiger partial charge on any atom is 0.320 e. The van der Waals surface area contributed by atoms with Gasteiger partial charge in [0.2, 0.25) is 5.91 Å². The van der Waals surface area contributed by atoms with Crippen molar-refractivity contribution in [3.05, 3.63) is 0 Å². The predicted octanol–water partition coefficient (Wildman–Crippen LogP) is 1.21. The fourth-order valence-corrected chi connectivity index (χ4v) is 2.81. The highest BCUT2D eigenvalue weighted by molar-refractivity contribution is 6.08. The van der Waals surface area contributed by atoms with Gasteiger partial charge in [-0.1, -0.05) is 27.7 Å². The third-order valence-electron chi connectivity index (χ3n) is 4.42. The molecule has 1 aliphatic carbocycles. The lowest BCUT2D eigenvalue weighted by Crippen LogP contribution is -2.40. The summed E-state index contributed by atoms with van der Waals surface area (Å²) in [6.07, 6.45) is 0. The Kier molecular flexibility index (Phi) is 2.20. The molecule has 0 spiro atoms. The van der Waals surface area contributed by atoms with Crippen molar-refractivity contribution >= 4 is 11.9 Å². The van der Waals surface area contributed by atoms with Crippen LogP contribution >= 0.6 is 0 Å². The van der Waals surface area contributed by atoms with Gasteiger partial charge >= 0.3 is 5.97 Å². The first-order valence-electron chi connectivity index (χ1n) is 5.00. The molecule has 1 N–H and O–H groups in total. The van der Waals surface area contributed by atoms with Crippen LogP contribution in [-0.2, 0) is 9.59 Å². The maximum absolute atomic E-state index is 12.0. The number of carboxylic acid groups (broad SMARTS) is 1. The van der Waals surface area contributed by atoms with Gasteiger partial charge in [-0.25, -0.2) is 0 Å². The third-order valence-corrected chi connectivity index (χ3v) is 4.42. The Morgan fingerprint density at radius 3 is 1.40 bits per heavy atom. The molecule has 0 heterocycles. The molecule has 1 saturated carbocycles. The molecule has 1 amide bonds. The van der Waals surface area contributed by atoms with Crippen LogP contribution in [0.4, 0.5) is 0 Å². The summed E-state index contributed by atoms with van der Waals surface area (Å²) in [4.78, 5) is 24.8. The average molecular weight is 213 g/mol. The topological polar surface area (TPSA) is 57.6 Å². The van der Waals surface area contributed by atoms with Gasteiger partial charge in [0.05, 0.1) is 0 Å². The predicted molar refractivity (Wildman–Crippen MR) is 56.3 cm³/mol. The van der Waals surface area contributed by atoms with Gasteiger partial charge < -0.3 is 10.0 Å². The fraction of sp³-hybridized carbons (Fsp3) is 0.818. The van der Waals surface area contributed by atoms with Crippen LogP contribution in [0.3, 0.4) is 0 Å². The second-order valence-electron chi connectivity index (χ2n) is 5.50. The zero-order chi connectivity index (χ0) is 12.2. The van der Waals surface area contributed by atoms with Crippen molar-refractivity contribution in [1.29, 1.82) is 0 Å². The minimum Gasteiger partial charge on any atom is -0.480 e. The number of carbonyl (C=O) groups is 2. The van der Waals surface area contributed by atoms with E-state index in [1.807, 2.05) is 27.7 Å². The lowest BCUT2D eigenvalue weighted by Gasteiger charge is -2.20. The molecule has 0 atom stereocenters. The van der Waals surface area contributed by atoms with Crippen molar-refractivity contribution < 1.29 is 14.7 Å². The fourth-order valence-electron chi connectivity index (χ4n) is 2.81. The lowest BCUT2D eigenvalue weighted by atomic mass is 9.93. The van der Waals surface area contributed by atoms with Crippen LogP contribution in [0, 0.1) is 16.2 Å². The molecule has 0 aliphatic heterocycles. The molecule has 0 unspecified atom stereocenters. The molecular weight excluding hydrogens is 194 g/mol. The second-order valence-corrected chi connectivity index (χ2v) is 5.50. The highest BCUT2D eigenvalue weighted by atomic mass is 16.4. The third kappa shape index (κ3) is 0.971. The Morgan fingerprint density at radius 2 is 1.33 bits per heavy atom. The van der Waals surface area contributed by atoms with Crippen LogP contribution in [0.15, 0.2) is 0 Å². The number of amides is 1. The zero-order valence-corrected chi connectivity index (χ0v) is 10.2. The van der Waals surface area contributed by atoms with Crippen molar-refractivity contribution in [2.24, 2.45) is 16.2 Å². The Labute approximate surface area is 90.3 Å². The Bertz CT molecular complexity index is 315. The number of hydrogen-bond donors (Lipinski definition) is 1. The molecule has 1 rings (SSSR count). The van der Waals surface area contributed by atoms with Crippen molar-refractivity contribution in [1.82, 2.24) is 4.90 Å². The van der Waals surface area contributed by atoms with Crippen LogP contribution in [0.2, 0.25) is 0 Å². The summed E-state index contributed by atoms with van der Waals surface area (Å²) in [6.45, 7) is 7.34. The van der Waals surface area contributed by atoms with E-state index < -0.39 is 22.2 Å². The van der Waals surface area contributed by atoms with E-state index in [1.54, 1.807) is 14.1 Å². The molecule has 4 heteroatoms. The van der Waals surface area contributed by atoms with Gasteiger partial charge in [-0.05, 0) is 10.8 Å². The van der Waals surface area contributed by atoms with Crippen molar-refractivity contribution in [3.63, 3.8) is 0 Å². The van der Waals surface area contributed by atoms with E-state index in [2.05, 4.69) is 0 Å². The van der Waals surface area contributed by atoms with Crippen molar-refractivity contribution in [2.45, 2.75) is 27.7 Å². The number of carboxylic acids is 1. The highest BCUT2D eigenvalue weighted by Gasteiger charge is 2.85. The van der Waals surface area contributed by atoms with Crippen molar-refractivity contribution in [3.8, 4) is 0 Å². The first-order chi connectivity index (χ1) is 6.55. The normalized spacial score (nSPS) is 24.4. The van der Waals surface area contributed by atoms with Crippen LogP contribution in [0.5, 0.6) is 0 Å². The van der Waals surface area contributed by atoms with Gasteiger partial charge in [0.15, 0.2) is 5.41 Å². The summed E-state index contributed by atoms with van der Waals surface area (Å²) in [5.74, 6) is -1.33. The Balaban J connectivity index is 3.29. The van der Waals surface area contributed by atoms with E-state index in [1.165, 1.54) is 4.90 Å². The van der Waals surface area contributed by atoms with Crippen molar-refractivity contribution in [2.75, 3.05) is 14.1 Å². The summed E-state index contributed by atoms with van der Waals surface area (Å²) in [5.41, 5.74) is -2.29. The van der Waals surface area contributed by atoms with E-state index in [9.17, 15) is 14.7 Å². The molecule has 0 bridgehead atoms. The summed E-state index contributed by atoms with van der Waals surface area (Å²) >= 11 is 0. The summed E-state index contributed by atoms with van der Waals surface area (Å²) < 4.78 is 0. The van der Waals surface area contributed by atoms with E-state index >= 15 is 0 Å². The van der Waals surface area contributed by atoms with E-state index in [0.717, 1.165) is 0 Å². The minimum atomic E-state index is -1.27. The average Bonchev–Trinajstić information content (AvgIpc) is 2.38. The monoisotopic (exact) mass is 213 g/mol. The summed E-state index contributed by atoms with van der Waals surface area (Å²) in [6, 6.07) is 0. The molecule has 1 fully saturated rings. The van der Waals surface area contributed by atoms with Gasteiger partial charge in [0.1, 0.15) is 0 Å². The number of aliphatic carboxylic acids is 1. The Morgan fingerprint density at radius 1 is 1.00 bits per heavy atom. The van der Waals surface area contributed by atoms with E-state index in [0.29, 0.717) is 0 Å². The first-order valence-corrected chi connectivity index (χ1v) is 5.00. The van der Waals surface area contributed by atoms with Crippen LogP contribution in [0.1, 0.15) is 27.7 Å². The largest absolute Gasteiger partial charge is 0.480 e. The molecule has 86 valence electrons. The van der Waals surface area contributed by atoms with E-state index in [-0.39, 0.29) is 5.91 Å². The maximum atomic E-state index is 12.0. The van der Waals surface area contributed by atoms with Crippen LogP contribution in [0.25, 0.3) is 0 Å². The van der Waals surface area contributed by atoms with Gasteiger partial charge in [0, 0.05) is 14.1 Å². The standard InChI is InChI=1S/C11H19NO3/c1-9(2)10(3,4)11(9,8(14)15)7(13)12(5)6/h1-6H3,(H,14,15). The minimum absolute atomic E-state index is 0.315. The van der Waals surface area contributed by atoms with Gasteiger partial charge in [-0.15, -0.1) is 0 Å². The molecule has 15 heavy (non-hydrogen) atoms. The second kappa shape index (κ2) is 2.74. The smallest absolute Gasteiger partial charge is 0.320 e. The molecule has 1 aliphatic rings. The highest BCUT2D eigenvalue weighted by Crippen LogP contribution is 2.78. The molecule has 0 aromatic rings. The SMILES string of the molecule is CN(C)C(=O)C1(C(=O)O)C(C)(C)C1(C)C. The molecule has 4 nitrogen and oxygen atoms in total. The molecule has 0 saturated heterocycles. The quantitative estimate of drug-likeness (QED) is 0.701.